The molecule has 0 atom stereocenters. The minimum absolute atomic E-state index is 0.0413. The minimum Gasteiger partial charge on any atom is -0.497 e. The quantitative estimate of drug-likeness (QED) is 0.692. The van der Waals surface area contributed by atoms with Gasteiger partial charge in [0.2, 0.25) is 0 Å². The summed E-state index contributed by atoms with van der Waals surface area (Å²) in [6, 6.07) is 12.6. The molecule has 1 N–H and O–H groups in total. The number of hydrogen-bond acceptors (Lipinski definition) is 3. The Labute approximate surface area is 123 Å². The summed E-state index contributed by atoms with van der Waals surface area (Å²) < 4.78 is 6.92. The van der Waals surface area contributed by atoms with Gasteiger partial charge in [-0.1, -0.05) is 6.07 Å². The Morgan fingerprint density at radius 3 is 2.81 bits per heavy atom. The molecule has 0 radical (unpaired) electrons. The van der Waals surface area contributed by atoms with Crippen LogP contribution in [0.1, 0.15) is 5.69 Å². The highest BCUT2D eigenvalue weighted by Crippen LogP contribution is 2.17. The van der Waals surface area contributed by atoms with E-state index in [1.165, 1.54) is 0 Å². The van der Waals surface area contributed by atoms with Gasteiger partial charge in [-0.25, -0.2) is 0 Å². The lowest BCUT2D eigenvalue weighted by atomic mass is 10.2. The fourth-order valence-corrected chi connectivity index (χ4v) is 1.82. The third-order valence-electron chi connectivity index (χ3n) is 2.97. The van der Waals surface area contributed by atoms with Crippen molar-refractivity contribution in [3.05, 3.63) is 53.9 Å². The van der Waals surface area contributed by atoms with Crippen molar-refractivity contribution >= 4 is 17.7 Å². The van der Waals surface area contributed by atoms with Crippen molar-refractivity contribution in [3.8, 4) is 11.8 Å². The Balaban J connectivity index is 2.20. The summed E-state index contributed by atoms with van der Waals surface area (Å²) in [6.07, 6.45) is 3.40. The summed E-state index contributed by atoms with van der Waals surface area (Å²) in [7, 11) is 3.40. The number of rotatable bonds is 4. The number of methoxy groups -OCH3 is 1. The summed E-state index contributed by atoms with van der Waals surface area (Å²) in [6.45, 7) is 0. The number of aromatic nitrogens is 1. The molecule has 0 spiro atoms. The number of benzene rings is 1. The van der Waals surface area contributed by atoms with Gasteiger partial charge < -0.3 is 14.6 Å². The molecule has 5 nitrogen and oxygen atoms in total. The molecule has 0 unspecified atom stereocenters. The van der Waals surface area contributed by atoms with E-state index in [1.807, 2.05) is 36.0 Å². The predicted molar refractivity (Wildman–Crippen MR) is 80.6 cm³/mol. The van der Waals surface area contributed by atoms with E-state index in [-0.39, 0.29) is 5.57 Å². The molecule has 0 aliphatic carbocycles. The van der Waals surface area contributed by atoms with Crippen LogP contribution >= 0.6 is 0 Å². The van der Waals surface area contributed by atoms with Gasteiger partial charge in [0, 0.05) is 30.7 Å². The van der Waals surface area contributed by atoms with E-state index < -0.39 is 5.91 Å². The van der Waals surface area contributed by atoms with Crippen LogP contribution in [-0.2, 0) is 11.8 Å². The number of ether oxygens (including phenoxy) is 1. The SMILES string of the molecule is COc1cccc(NC(=O)/C(C#N)=C\c2cccn2C)c1. The highest BCUT2D eigenvalue weighted by molar-refractivity contribution is 6.09. The van der Waals surface area contributed by atoms with Gasteiger partial charge in [-0.05, 0) is 30.3 Å². The molecule has 0 aliphatic heterocycles. The van der Waals surface area contributed by atoms with Gasteiger partial charge in [0.25, 0.3) is 5.91 Å². The van der Waals surface area contributed by atoms with Gasteiger partial charge in [-0.3, -0.25) is 4.79 Å². The fourth-order valence-electron chi connectivity index (χ4n) is 1.82. The van der Waals surface area contributed by atoms with Crippen LogP contribution in [-0.4, -0.2) is 17.6 Å². The number of amides is 1. The first-order valence-corrected chi connectivity index (χ1v) is 6.32. The molecular weight excluding hydrogens is 266 g/mol. The molecule has 2 rings (SSSR count). The molecule has 21 heavy (non-hydrogen) atoms. The van der Waals surface area contributed by atoms with Gasteiger partial charge in [-0.2, -0.15) is 5.26 Å². The first kappa shape index (κ1) is 14.4. The van der Waals surface area contributed by atoms with Crippen molar-refractivity contribution in [2.45, 2.75) is 0 Å². The number of nitrogens with one attached hydrogen (secondary N) is 1. The van der Waals surface area contributed by atoms with Crippen LogP contribution in [0.25, 0.3) is 6.08 Å². The molecular formula is C16H15N3O2. The van der Waals surface area contributed by atoms with Crippen LogP contribution in [0.2, 0.25) is 0 Å². The molecule has 0 fully saturated rings. The molecule has 0 aliphatic rings. The largest absolute Gasteiger partial charge is 0.497 e. The van der Waals surface area contributed by atoms with Crippen molar-refractivity contribution in [2.75, 3.05) is 12.4 Å². The Morgan fingerprint density at radius 1 is 1.38 bits per heavy atom. The highest BCUT2D eigenvalue weighted by Gasteiger charge is 2.10. The average Bonchev–Trinajstić information content (AvgIpc) is 2.90. The number of hydrogen-bond donors (Lipinski definition) is 1. The van der Waals surface area contributed by atoms with Gasteiger partial charge >= 0.3 is 0 Å². The summed E-state index contributed by atoms with van der Waals surface area (Å²) in [4.78, 5) is 12.1. The summed E-state index contributed by atoms with van der Waals surface area (Å²) in [5.41, 5.74) is 1.40. The molecule has 106 valence electrons. The van der Waals surface area contributed by atoms with Gasteiger partial charge in [0.05, 0.1) is 7.11 Å². The predicted octanol–water partition coefficient (Wildman–Crippen LogP) is 2.58. The second-order valence-electron chi connectivity index (χ2n) is 4.40. The topological polar surface area (TPSA) is 67.0 Å². The number of anilines is 1. The summed E-state index contributed by atoms with van der Waals surface area (Å²) in [5, 5.41) is 11.8. The van der Waals surface area contributed by atoms with Crippen molar-refractivity contribution in [1.29, 1.82) is 5.26 Å². The Hall–Kier alpha value is -3.00. The maximum absolute atomic E-state index is 12.1. The van der Waals surface area contributed by atoms with E-state index in [0.29, 0.717) is 11.4 Å². The van der Waals surface area contributed by atoms with E-state index in [9.17, 15) is 4.79 Å². The van der Waals surface area contributed by atoms with Crippen molar-refractivity contribution in [3.63, 3.8) is 0 Å². The van der Waals surface area contributed by atoms with Crippen LogP contribution in [0.4, 0.5) is 5.69 Å². The molecule has 1 aromatic carbocycles. The van der Waals surface area contributed by atoms with E-state index in [0.717, 1.165) is 5.69 Å². The zero-order valence-corrected chi connectivity index (χ0v) is 11.8. The number of nitrogens with zero attached hydrogens (tertiary/aromatic N) is 2. The van der Waals surface area contributed by atoms with Crippen LogP contribution in [0.15, 0.2) is 48.2 Å². The lowest BCUT2D eigenvalue weighted by Gasteiger charge is -2.06. The number of carbonyl (C=O) groups is 1. The number of carbonyl (C=O) groups excluding carboxylic acids is 1. The van der Waals surface area contributed by atoms with E-state index in [1.54, 1.807) is 37.5 Å². The fraction of sp³-hybridized carbons (Fsp3) is 0.125. The minimum atomic E-state index is -0.452. The standard InChI is InChI=1S/C16H15N3O2/c1-19-8-4-6-14(19)9-12(11-17)16(20)18-13-5-3-7-15(10-13)21-2/h3-10H,1-2H3,(H,18,20)/b12-9-. The summed E-state index contributed by atoms with van der Waals surface area (Å²) in [5.74, 6) is 0.185. The van der Waals surface area contributed by atoms with E-state index >= 15 is 0 Å². The van der Waals surface area contributed by atoms with Gasteiger partial charge in [0.1, 0.15) is 17.4 Å². The van der Waals surface area contributed by atoms with Crippen LogP contribution in [0, 0.1) is 11.3 Å². The maximum atomic E-state index is 12.1. The normalized spacial score (nSPS) is 10.8. The Morgan fingerprint density at radius 2 is 2.19 bits per heavy atom. The van der Waals surface area contributed by atoms with Gasteiger partial charge in [0.15, 0.2) is 0 Å². The monoisotopic (exact) mass is 281 g/mol. The third-order valence-corrected chi connectivity index (χ3v) is 2.97. The van der Waals surface area contributed by atoms with Crippen LogP contribution in [0.5, 0.6) is 5.75 Å². The maximum Gasteiger partial charge on any atom is 0.266 e. The van der Waals surface area contributed by atoms with Crippen molar-refractivity contribution < 1.29 is 9.53 Å². The van der Waals surface area contributed by atoms with E-state index in [4.69, 9.17) is 10.00 Å². The second-order valence-corrected chi connectivity index (χ2v) is 4.40. The Kier molecular flexibility index (Phi) is 4.42. The molecule has 0 saturated carbocycles. The molecule has 0 bridgehead atoms. The second kappa shape index (κ2) is 6.44. The number of nitriles is 1. The smallest absolute Gasteiger partial charge is 0.266 e. The zero-order chi connectivity index (χ0) is 15.2. The molecule has 1 aromatic heterocycles. The van der Waals surface area contributed by atoms with Crippen LogP contribution in [0.3, 0.4) is 0 Å². The van der Waals surface area contributed by atoms with Crippen molar-refractivity contribution in [2.24, 2.45) is 7.05 Å². The summed E-state index contributed by atoms with van der Waals surface area (Å²) >= 11 is 0. The molecule has 5 heteroatoms. The van der Waals surface area contributed by atoms with Crippen molar-refractivity contribution in [1.82, 2.24) is 4.57 Å². The van der Waals surface area contributed by atoms with E-state index in [2.05, 4.69) is 5.32 Å². The molecule has 1 amide bonds. The number of aryl methyl sites for hydroxylation is 1. The average molecular weight is 281 g/mol. The lowest BCUT2D eigenvalue weighted by Crippen LogP contribution is -2.13. The first-order chi connectivity index (χ1) is 10.1. The third kappa shape index (κ3) is 3.51. The van der Waals surface area contributed by atoms with Gasteiger partial charge in [-0.15, -0.1) is 0 Å². The molecule has 1 heterocycles. The lowest BCUT2D eigenvalue weighted by molar-refractivity contribution is -0.112. The molecule has 2 aromatic rings. The Bertz CT molecular complexity index is 723. The first-order valence-electron chi connectivity index (χ1n) is 6.32. The molecule has 0 saturated heterocycles. The zero-order valence-electron chi connectivity index (χ0n) is 11.8. The highest BCUT2D eigenvalue weighted by atomic mass is 16.5. The van der Waals surface area contributed by atoms with Crippen LogP contribution < -0.4 is 10.1 Å².